The molecule has 2 aromatic heterocycles. The number of nitrogens with zero attached hydrogens (tertiary/aromatic N) is 2. The van der Waals surface area contributed by atoms with E-state index in [-0.39, 0.29) is 23.5 Å². The van der Waals surface area contributed by atoms with Gasteiger partial charge in [-0.05, 0) is 6.92 Å². The van der Waals surface area contributed by atoms with Gasteiger partial charge >= 0.3 is 5.97 Å². The first-order valence-electron chi connectivity index (χ1n) is 5.55. The van der Waals surface area contributed by atoms with Crippen LogP contribution in [0.15, 0.2) is 5.51 Å². The molecule has 2 heterocycles. The zero-order valence-electron chi connectivity index (χ0n) is 11.1. The number of imidazole rings is 1. The Labute approximate surface area is 121 Å². The number of nitrogens with one attached hydrogen (secondary N) is 1. The standard InChI is InChI=1S/C12H15N3O2S.ClH/c1-6-9(18-5-13-6)7-8(10(16)17)15-11(14-7)12(2,3)4;/h5H,1-4H3,(H,14,15)(H,16,17);1H. The van der Waals surface area contributed by atoms with Crippen LogP contribution < -0.4 is 0 Å². The highest BCUT2D eigenvalue weighted by Crippen LogP contribution is 2.31. The molecule has 0 amide bonds. The number of halogens is 1. The fourth-order valence-electron chi connectivity index (χ4n) is 1.59. The number of carboxylic acids is 1. The van der Waals surface area contributed by atoms with Gasteiger partial charge in [-0.25, -0.2) is 14.8 Å². The minimum atomic E-state index is -1.02. The van der Waals surface area contributed by atoms with Crippen LogP contribution in [0.25, 0.3) is 10.6 Å². The van der Waals surface area contributed by atoms with Gasteiger partial charge in [0, 0.05) is 5.41 Å². The van der Waals surface area contributed by atoms with Crippen molar-refractivity contribution in [2.24, 2.45) is 0 Å². The molecule has 7 heteroatoms. The average Bonchev–Trinajstić information content (AvgIpc) is 2.81. The SMILES string of the molecule is Cc1ncsc1-c1[nH]c(C(C)(C)C)nc1C(=O)O.Cl. The van der Waals surface area contributed by atoms with Gasteiger partial charge < -0.3 is 10.1 Å². The van der Waals surface area contributed by atoms with Gasteiger partial charge in [0.1, 0.15) is 5.82 Å². The maximum Gasteiger partial charge on any atom is 0.356 e. The Morgan fingerprint density at radius 2 is 2.05 bits per heavy atom. The van der Waals surface area contributed by atoms with E-state index in [1.807, 2.05) is 27.7 Å². The molecule has 0 aromatic carbocycles. The predicted molar refractivity (Wildman–Crippen MR) is 77.3 cm³/mol. The Morgan fingerprint density at radius 1 is 1.42 bits per heavy atom. The summed E-state index contributed by atoms with van der Waals surface area (Å²) in [5, 5.41) is 9.24. The van der Waals surface area contributed by atoms with E-state index in [0.717, 1.165) is 10.6 Å². The van der Waals surface area contributed by atoms with Crippen molar-refractivity contribution in [3.63, 3.8) is 0 Å². The molecule has 0 fully saturated rings. The molecule has 0 aliphatic heterocycles. The molecule has 104 valence electrons. The average molecular weight is 302 g/mol. The van der Waals surface area contributed by atoms with E-state index in [0.29, 0.717) is 11.5 Å². The van der Waals surface area contributed by atoms with Gasteiger partial charge in [0.2, 0.25) is 0 Å². The fraction of sp³-hybridized carbons (Fsp3) is 0.417. The number of carbonyl (C=O) groups is 1. The quantitative estimate of drug-likeness (QED) is 0.892. The fourth-order valence-corrected chi connectivity index (χ4v) is 2.39. The molecular weight excluding hydrogens is 286 g/mol. The second-order valence-corrected chi connectivity index (χ2v) is 5.99. The second kappa shape index (κ2) is 5.30. The Hall–Kier alpha value is -1.40. The number of aromatic nitrogens is 3. The highest BCUT2D eigenvalue weighted by molar-refractivity contribution is 7.13. The number of rotatable bonds is 2. The summed E-state index contributed by atoms with van der Waals surface area (Å²) < 4.78 is 0. The van der Waals surface area contributed by atoms with Crippen LogP contribution in [0.5, 0.6) is 0 Å². The van der Waals surface area contributed by atoms with Crippen molar-refractivity contribution >= 4 is 29.7 Å². The summed E-state index contributed by atoms with van der Waals surface area (Å²) in [6, 6.07) is 0. The molecule has 0 saturated carbocycles. The Morgan fingerprint density at radius 3 is 2.47 bits per heavy atom. The lowest BCUT2D eigenvalue weighted by molar-refractivity contribution is 0.0692. The topological polar surface area (TPSA) is 78.9 Å². The summed E-state index contributed by atoms with van der Waals surface area (Å²) in [5.74, 6) is -0.354. The molecule has 0 radical (unpaired) electrons. The summed E-state index contributed by atoms with van der Waals surface area (Å²) in [7, 11) is 0. The van der Waals surface area contributed by atoms with Crippen LogP contribution in [0.4, 0.5) is 0 Å². The third-order valence-electron chi connectivity index (χ3n) is 2.59. The van der Waals surface area contributed by atoms with E-state index in [4.69, 9.17) is 0 Å². The van der Waals surface area contributed by atoms with E-state index < -0.39 is 5.97 Å². The molecule has 0 aliphatic rings. The summed E-state index contributed by atoms with van der Waals surface area (Å²) in [5.41, 5.74) is 2.90. The summed E-state index contributed by atoms with van der Waals surface area (Å²) in [6.45, 7) is 7.82. The largest absolute Gasteiger partial charge is 0.476 e. The third kappa shape index (κ3) is 2.96. The van der Waals surface area contributed by atoms with Crippen molar-refractivity contribution in [2.75, 3.05) is 0 Å². The van der Waals surface area contributed by atoms with E-state index in [1.54, 1.807) is 5.51 Å². The van der Waals surface area contributed by atoms with E-state index >= 15 is 0 Å². The van der Waals surface area contributed by atoms with Gasteiger partial charge in [-0.15, -0.1) is 23.7 Å². The van der Waals surface area contributed by atoms with E-state index in [2.05, 4.69) is 15.0 Å². The van der Waals surface area contributed by atoms with Gasteiger partial charge in [0.25, 0.3) is 0 Å². The Kier molecular flexibility index (Phi) is 4.37. The van der Waals surface area contributed by atoms with E-state index in [9.17, 15) is 9.90 Å². The van der Waals surface area contributed by atoms with Crippen LogP contribution in [0.3, 0.4) is 0 Å². The van der Waals surface area contributed by atoms with Crippen molar-refractivity contribution in [1.29, 1.82) is 0 Å². The van der Waals surface area contributed by atoms with Gasteiger partial charge in [-0.1, -0.05) is 20.8 Å². The highest BCUT2D eigenvalue weighted by atomic mass is 35.5. The minimum Gasteiger partial charge on any atom is -0.476 e. The Bertz CT molecular complexity index is 598. The number of hydrogen-bond donors (Lipinski definition) is 2. The van der Waals surface area contributed by atoms with Crippen molar-refractivity contribution in [3.8, 4) is 10.6 Å². The van der Waals surface area contributed by atoms with Crippen LogP contribution >= 0.6 is 23.7 Å². The van der Waals surface area contributed by atoms with Crippen LogP contribution in [0.2, 0.25) is 0 Å². The molecule has 0 spiro atoms. The Balaban J connectivity index is 0.00000180. The van der Waals surface area contributed by atoms with Gasteiger partial charge in [-0.2, -0.15) is 0 Å². The number of thiazole rings is 1. The minimum absolute atomic E-state index is 0. The monoisotopic (exact) mass is 301 g/mol. The third-order valence-corrected chi connectivity index (χ3v) is 3.54. The number of hydrogen-bond acceptors (Lipinski definition) is 4. The van der Waals surface area contributed by atoms with Gasteiger partial charge in [0.15, 0.2) is 5.69 Å². The lowest BCUT2D eigenvalue weighted by Crippen LogP contribution is -2.13. The maximum atomic E-state index is 11.3. The van der Waals surface area contributed by atoms with Crippen LogP contribution in [-0.4, -0.2) is 26.0 Å². The molecule has 2 aromatic rings. The molecule has 0 aliphatic carbocycles. The van der Waals surface area contributed by atoms with Crippen LogP contribution in [-0.2, 0) is 5.41 Å². The van der Waals surface area contributed by atoms with Gasteiger partial charge in [0.05, 0.1) is 21.8 Å². The maximum absolute atomic E-state index is 11.3. The molecular formula is C12H16ClN3O2S. The smallest absolute Gasteiger partial charge is 0.356 e. The lowest BCUT2D eigenvalue weighted by atomic mass is 9.96. The molecule has 5 nitrogen and oxygen atoms in total. The van der Waals surface area contributed by atoms with Crippen LogP contribution in [0.1, 0.15) is 42.8 Å². The molecule has 0 bridgehead atoms. The first-order chi connectivity index (χ1) is 8.30. The zero-order valence-corrected chi connectivity index (χ0v) is 12.8. The lowest BCUT2D eigenvalue weighted by Gasteiger charge is -2.13. The number of aromatic carboxylic acids is 1. The summed E-state index contributed by atoms with van der Waals surface area (Å²) in [6.07, 6.45) is 0. The number of carboxylic acid groups (broad SMARTS) is 1. The predicted octanol–water partition coefficient (Wildman–Crippen LogP) is 3.26. The molecule has 0 atom stereocenters. The molecule has 2 rings (SSSR count). The zero-order chi connectivity index (χ0) is 13.5. The summed E-state index contributed by atoms with van der Waals surface area (Å²) in [4.78, 5) is 23.6. The van der Waals surface area contributed by atoms with Gasteiger partial charge in [-0.3, -0.25) is 0 Å². The van der Waals surface area contributed by atoms with Crippen molar-refractivity contribution in [1.82, 2.24) is 15.0 Å². The highest BCUT2D eigenvalue weighted by Gasteiger charge is 2.26. The van der Waals surface area contributed by atoms with Crippen molar-refractivity contribution in [2.45, 2.75) is 33.1 Å². The second-order valence-electron chi connectivity index (χ2n) is 5.13. The number of H-pyrrole nitrogens is 1. The first-order valence-corrected chi connectivity index (χ1v) is 6.43. The molecule has 0 saturated heterocycles. The first kappa shape index (κ1) is 15.7. The number of aryl methyl sites for hydroxylation is 1. The molecule has 0 unspecified atom stereocenters. The van der Waals surface area contributed by atoms with Crippen molar-refractivity contribution in [3.05, 3.63) is 22.7 Å². The molecule has 2 N–H and O–H groups in total. The van der Waals surface area contributed by atoms with E-state index in [1.165, 1.54) is 11.3 Å². The molecule has 19 heavy (non-hydrogen) atoms. The normalized spacial score (nSPS) is 11.2. The summed E-state index contributed by atoms with van der Waals surface area (Å²) >= 11 is 1.41. The van der Waals surface area contributed by atoms with Crippen LogP contribution in [0, 0.1) is 6.92 Å². The van der Waals surface area contributed by atoms with Crippen molar-refractivity contribution < 1.29 is 9.90 Å². The number of aromatic amines is 1.